The van der Waals surface area contributed by atoms with Crippen molar-refractivity contribution in [2.24, 2.45) is 0 Å². The molecule has 0 saturated heterocycles. The maximum Gasteiger partial charge on any atom is 0.0270 e. The molecule has 0 heterocycles. The summed E-state index contributed by atoms with van der Waals surface area (Å²) in [5.41, 5.74) is 1.34. The van der Waals surface area contributed by atoms with E-state index in [4.69, 9.17) is 0 Å². The summed E-state index contributed by atoms with van der Waals surface area (Å²) in [4.78, 5) is 0. The van der Waals surface area contributed by atoms with Crippen LogP contribution in [0.3, 0.4) is 0 Å². The van der Waals surface area contributed by atoms with E-state index in [2.05, 4.69) is 156 Å². The number of hydrogen-bond acceptors (Lipinski definition) is 0. The molecule has 0 aliphatic heterocycles. The highest BCUT2D eigenvalue weighted by Gasteiger charge is 2.14. The quantitative estimate of drug-likeness (QED) is 0.123. The van der Waals surface area contributed by atoms with Gasteiger partial charge in [0, 0.05) is 17.9 Å². The molecule has 0 nitrogen and oxygen atoms in total. The lowest BCUT2D eigenvalue weighted by Crippen LogP contribution is -1.91. The van der Waals surface area contributed by atoms with Crippen molar-refractivity contribution >= 4 is 145 Å². The number of hydrogen-bond donors (Lipinski definition) is 0. The Hall–Kier alpha value is 1.31. The highest BCUT2D eigenvalue weighted by molar-refractivity contribution is 14.1. The van der Waals surface area contributed by atoms with Crippen molar-refractivity contribution in [1.29, 1.82) is 0 Å². The van der Waals surface area contributed by atoms with Crippen molar-refractivity contribution < 1.29 is 0 Å². The van der Waals surface area contributed by atoms with Gasteiger partial charge in [-0.2, -0.15) is 0 Å². The first-order valence-electron chi connectivity index (χ1n) is 7.16. The van der Waals surface area contributed by atoms with Crippen LogP contribution in [0.25, 0.3) is 32.3 Å². The van der Waals surface area contributed by atoms with E-state index in [0.29, 0.717) is 0 Å². The molecule has 0 aliphatic rings. The molecule has 0 bridgehead atoms. The van der Waals surface area contributed by atoms with E-state index < -0.39 is 0 Å². The largest absolute Gasteiger partial charge is 0.0497 e. The van der Waals surface area contributed by atoms with Gasteiger partial charge in [-0.3, -0.25) is 0 Å². The van der Waals surface area contributed by atoms with E-state index in [-0.39, 0.29) is 0 Å². The summed E-state index contributed by atoms with van der Waals surface area (Å²) in [6.45, 7) is 2.20. The Kier molecular flexibility index (Phi) is 5.48. The van der Waals surface area contributed by atoms with E-state index in [1.54, 1.807) is 0 Å². The standard InChI is InChI=1S/C19H9I5/c1-8-2-9-10(3-15(8)20)12-5-17(22)19(24)7-14(12)13-6-18(23)16(21)4-11(9)13/h2-7H,1H3. The lowest BCUT2D eigenvalue weighted by atomic mass is 9.93. The molecule has 0 spiro atoms. The predicted octanol–water partition coefficient (Wildman–Crippen LogP) is 8.48. The maximum absolute atomic E-state index is 2.45. The number of rotatable bonds is 0. The average Bonchev–Trinajstić information content (AvgIpc) is 2.53. The third-order valence-electron chi connectivity index (χ3n) is 4.29. The van der Waals surface area contributed by atoms with Gasteiger partial charge < -0.3 is 0 Å². The van der Waals surface area contributed by atoms with Crippen LogP contribution in [0.15, 0.2) is 36.4 Å². The van der Waals surface area contributed by atoms with Crippen LogP contribution in [0.2, 0.25) is 0 Å². The summed E-state index contributed by atoms with van der Waals surface area (Å²) >= 11 is 12.2. The zero-order valence-corrected chi connectivity index (χ0v) is 23.1. The summed E-state index contributed by atoms with van der Waals surface area (Å²) in [6.07, 6.45) is 0. The van der Waals surface area contributed by atoms with Gasteiger partial charge >= 0.3 is 0 Å². The fourth-order valence-corrected chi connectivity index (χ4v) is 5.45. The van der Waals surface area contributed by atoms with Gasteiger partial charge in [0.15, 0.2) is 0 Å². The van der Waals surface area contributed by atoms with Crippen molar-refractivity contribution in [1.82, 2.24) is 0 Å². The molecule has 0 aromatic heterocycles. The van der Waals surface area contributed by atoms with Crippen molar-refractivity contribution in [3.05, 3.63) is 59.8 Å². The van der Waals surface area contributed by atoms with Gasteiger partial charge in [-0.25, -0.2) is 0 Å². The van der Waals surface area contributed by atoms with Gasteiger partial charge in [-0.05, 0) is 194 Å². The Bertz CT molecular complexity index is 894. The molecular weight excluding hydrogens is 863 g/mol. The predicted molar refractivity (Wildman–Crippen MR) is 147 cm³/mol. The third kappa shape index (κ3) is 3.09. The van der Waals surface area contributed by atoms with Crippen LogP contribution in [0.5, 0.6) is 0 Å². The fraction of sp³-hybridized carbons (Fsp3) is 0.0526. The van der Waals surface area contributed by atoms with Gasteiger partial charge in [-0.15, -0.1) is 0 Å². The van der Waals surface area contributed by atoms with E-state index in [9.17, 15) is 0 Å². The molecule has 0 radical (unpaired) electrons. The lowest BCUT2D eigenvalue weighted by Gasteiger charge is -2.14. The summed E-state index contributed by atoms with van der Waals surface area (Å²) < 4.78 is 6.60. The van der Waals surface area contributed by atoms with E-state index in [0.717, 1.165) is 0 Å². The molecule has 4 aromatic carbocycles. The normalized spacial score (nSPS) is 11.8. The zero-order chi connectivity index (χ0) is 17.2. The van der Waals surface area contributed by atoms with Crippen LogP contribution in [-0.2, 0) is 0 Å². The highest BCUT2D eigenvalue weighted by atomic mass is 127. The molecule has 120 valence electrons. The van der Waals surface area contributed by atoms with Gasteiger partial charge in [0.05, 0.1) is 0 Å². The molecule has 0 aliphatic carbocycles. The Labute approximate surface area is 208 Å². The minimum Gasteiger partial charge on any atom is -0.0497 e. The van der Waals surface area contributed by atoms with Crippen LogP contribution in [0.1, 0.15) is 5.56 Å². The second-order valence-electron chi connectivity index (χ2n) is 5.77. The second-order valence-corrected chi connectivity index (χ2v) is 11.6. The van der Waals surface area contributed by atoms with Crippen LogP contribution in [-0.4, -0.2) is 0 Å². The molecule has 0 amide bonds. The summed E-state index contributed by atoms with van der Waals surface area (Å²) in [5.74, 6) is 0. The molecule has 4 aromatic rings. The maximum atomic E-state index is 2.45. The van der Waals surface area contributed by atoms with Gasteiger partial charge in [0.2, 0.25) is 0 Å². The van der Waals surface area contributed by atoms with Crippen molar-refractivity contribution in [3.63, 3.8) is 0 Å². The van der Waals surface area contributed by atoms with Crippen LogP contribution >= 0.6 is 113 Å². The van der Waals surface area contributed by atoms with Crippen LogP contribution < -0.4 is 0 Å². The second kappa shape index (κ2) is 7.04. The highest BCUT2D eigenvalue weighted by Crippen LogP contribution is 2.39. The number of benzene rings is 4. The Morgan fingerprint density at radius 3 is 1.00 bits per heavy atom. The van der Waals surface area contributed by atoms with Gasteiger partial charge in [0.25, 0.3) is 0 Å². The topological polar surface area (TPSA) is 0 Å². The molecule has 0 fully saturated rings. The smallest absolute Gasteiger partial charge is 0.0270 e. The van der Waals surface area contributed by atoms with Crippen LogP contribution in [0.4, 0.5) is 0 Å². The average molecular weight is 872 g/mol. The summed E-state index contributed by atoms with van der Waals surface area (Å²) in [7, 11) is 0. The molecule has 5 heteroatoms. The lowest BCUT2D eigenvalue weighted by molar-refractivity contribution is 1.47. The van der Waals surface area contributed by atoms with Crippen molar-refractivity contribution in [2.75, 3.05) is 0 Å². The van der Waals surface area contributed by atoms with Crippen molar-refractivity contribution in [3.8, 4) is 0 Å². The number of halogens is 5. The van der Waals surface area contributed by atoms with E-state index in [1.165, 1.54) is 55.7 Å². The molecule has 4 rings (SSSR count). The summed E-state index contributed by atoms with van der Waals surface area (Å²) in [5, 5.41) is 8.16. The molecule has 24 heavy (non-hydrogen) atoms. The molecule has 0 atom stereocenters. The molecule has 0 saturated carbocycles. The SMILES string of the molecule is Cc1cc2c(cc1I)c1cc(I)c(I)cc1c1cc(I)c(I)cc21. The van der Waals surface area contributed by atoms with Gasteiger partial charge in [-0.1, -0.05) is 0 Å². The first-order valence-corrected chi connectivity index (χ1v) is 12.6. The molecule has 0 N–H and O–H groups in total. The number of fused-ring (bicyclic) bond motifs is 6. The first-order chi connectivity index (χ1) is 11.4. The zero-order valence-electron chi connectivity index (χ0n) is 12.4. The minimum absolute atomic E-state index is 1.32. The monoisotopic (exact) mass is 872 g/mol. The first kappa shape index (κ1) is 18.7. The van der Waals surface area contributed by atoms with Gasteiger partial charge in [0.1, 0.15) is 0 Å². The van der Waals surface area contributed by atoms with Crippen LogP contribution in [0, 0.1) is 24.8 Å². The molecule has 0 unspecified atom stereocenters. The Morgan fingerprint density at radius 1 is 0.417 bits per heavy atom. The Balaban J connectivity index is 2.40. The number of aryl methyl sites for hydroxylation is 1. The Morgan fingerprint density at radius 2 is 0.667 bits per heavy atom. The summed E-state index contributed by atoms with van der Waals surface area (Å²) in [6, 6.07) is 14.1. The van der Waals surface area contributed by atoms with Crippen molar-refractivity contribution in [2.45, 2.75) is 6.92 Å². The van der Waals surface area contributed by atoms with E-state index >= 15 is 0 Å². The molecular formula is C19H9I5. The van der Waals surface area contributed by atoms with E-state index in [1.807, 2.05) is 0 Å². The fourth-order valence-electron chi connectivity index (χ4n) is 3.11. The minimum atomic E-state index is 1.32. The third-order valence-corrected chi connectivity index (χ3v) is 11.1.